The topological polar surface area (TPSA) is 51.2 Å². The van der Waals surface area contributed by atoms with E-state index in [0.717, 1.165) is 31.1 Å². The average Bonchev–Trinajstić information content (AvgIpc) is 3.11. The van der Waals surface area contributed by atoms with E-state index in [1.807, 2.05) is 30.3 Å². The SMILES string of the molecule is CC(CNC(=O)c1ccccc1)c1nc(C2CCOCC2)cs1. The molecule has 4 nitrogen and oxygen atoms in total. The third-order valence-corrected chi connectivity index (χ3v) is 5.30. The Morgan fingerprint density at radius 2 is 2.09 bits per heavy atom. The molecular formula is C18H22N2O2S. The van der Waals surface area contributed by atoms with Crippen molar-refractivity contribution in [2.75, 3.05) is 19.8 Å². The highest BCUT2D eigenvalue weighted by molar-refractivity contribution is 7.09. The van der Waals surface area contributed by atoms with Crippen LogP contribution in [0.2, 0.25) is 0 Å². The van der Waals surface area contributed by atoms with Crippen LogP contribution < -0.4 is 5.32 Å². The Morgan fingerprint density at radius 3 is 2.83 bits per heavy atom. The molecule has 1 aromatic carbocycles. The number of amides is 1. The highest BCUT2D eigenvalue weighted by atomic mass is 32.1. The van der Waals surface area contributed by atoms with Crippen LogP contribution in [0.25, 0.3) is 0 Å². The fraction of sp³-hybridized carbons (Fsp3) is 0.444. The van der Waals surface area contributed by atoms with Crippen molar-refractivity contribution in [1.82, 2.24) is 10.3 Å². The normalized spacial score (nSPS) is 16.9. The molecule has 2 aromatic rings. The van der Waals surface area contributed by atoms with Gasteiger partial charge in [0, 0.05) is 42.5 Å². The third-order valence-electron chi connectivity index (χ3n) is 4.21. The summed E-state index contributed by atoms with van der Waals surface area (Å²) in [7, 11) is 0. The van der Waals surface area contributed by atoms with Gasteiger partial charge in [0.05, 0.1) is 10.7 Å². The largest absolute Gasteiger partial charge is 0.381 e. The second-order valence-electron chi connectivity index (χ2n) is 5.97. The van der Waals surface area contributed by atoms with Gasteiger partial charge in [-0.05, 0) is 25.0 Å². The highest BCUT2D eigenvalue weighted by Crippen LogP contribution is 2.30. The quantitative estimate of drug-likeness (QED) is 0.912. The molecule has 0 saturated carbocycles. The molecule has 23 heavy (non-hydrogen) atoms. The first-order valence-corrected chi connectivity index (χ1v) is 8.98. The monoisotopic (exact) mass is 330 g/mol. The zero-order valence-electron chi connectivity index (χ0n) is 13.3. The Balaban J connectivity index is 1.55. The first kappa shape index (κ1) is 16.1. The molecule has 1 unspecified atom stereocenters. The van der Waals surface area contributed by atoms with Crippen molar-refractivity contribution in [2.24, 2.45) is 0 Å². The first-order valence-electron chi connectivity index (χ1n) is 8.10. The molecule has 5 heteroatoms. The molecule has 0 aliphatic carbocycles. The molecule has 1 saturated heterocycles. The van der Waals surface area contributed by atoms with E-state index < -0.39 is 0 Å². The number of carbonyl (C=O) groups is 1. The maximum Gasteiger partial charge on any atom is 0.251 e. The van der Waals surface area contributed by atoms with Crippen LogP contribution in [0.4, 0.5) is 0 Å². The molecule has 1 aliphatic heterocycles. The maximum absolute atomic E-state index is 12.1. The molecule has 1 N–H and O–H groups in total. The van der Waals surface area contributed by atoms with Gasteiger partial charge in [-0.2, -0.15) is 0 Å². The van der Waals surface area contributed by atoms with Gasteiger partial charge in [-0.15, -0.1) is 11.3 Å². The number of carbonyl (C=O) groups excluding carboxylic acids is 1. The standard InChI is InChI=1S/C18H22N2O2S/c1-13(11-19-17(21)15-5-3-2-4-6-15)18-20-16(12-23-18)14-7-9-22-10-8-14/h2-6,12-14H,7-11H2,1H3,(H,19,21). The van der Waals surface area contributed by atoms with Crippen LogP contribution in [0, 0.1) is 0 Å². The summed E-state index contributed by atoms with van der Waals surface area (Å²) >= 11 is 1.70. The second kappa shape index (κ2) is 7.70. The lowest BCUT2D eigenvalue weighted by Crippen LogP contribution is -2.27. The van der Waals surface area contributed by atoms with Crippen molar-refractivity contribution in [2.45, 2.75) is 31.6 Å². The lowest BCUT2D eigenvalue weighted by molar-refractivity contribution is 0.0845. The summed E-state index contributed by atoms with van der Waals surface area (Å²) in [4.78, 5) is 16.9. The lowest BCUT2D eigenvalue weighted by atomic mass is 9.97. The van der Waals surface area contributed by atoms with Crippen LogP contribution in [0.1, 0.15) is 52.7 Å². The van der Waals surface area contributed by atoms with Crippen LogP contribution in [0.15, 0.2) is 35.7 Å². The first-order chi connectivity index (χ1) is 11.2. The Morgan fingerprint density at radius 1 is 1.35 bits per heavy atom. The second-order valence-corrected chi connectivity index (χ2v) is 6.86. The molecule has 1 fully saturated rings. The van der Waals surface area contributed by atoms with E-state index in [1.165, 1.54) is 5.69 Å². The third kappa shape index (κ3) is 4.18. The van der Waals surface area contributed by atoms with Crippen molar-refractivity contribution < 1.29 is 9.53 Å². The van der Waals surface area contributed by atoms with E-state index in [0.29, 0.717) is 18.0 Å². The molecule has 3 rings (SSSR count). The van der Waals surface area contributed by atoms with Gasteiger partial charge in [-0.25, -0.2) is 4.98 Å². The van der Waals surface area contributed by atoms with Crippen molar-refractivity contribution in [3.63, 3.8) is 0 Å². The summed E-state index contributed by atoms with van der Waals surface area (Å²) in [6, 6.07) is 9.31. The number of ether oxygens (including phenoxy) is 1. The zero-order valence-corrected chi connectivity index (χ0v) is 14.1. The number of hydrogen-bond acceptors (Lipinski definition) is 4. The van der Waals surface area contributed by atoms with Crippen molar-refractivity contribution in [1.29, 1.82) is 0 Å². The van der Waals surface area contributed by atoms with Gasteiger partial charge in [0.15, 0.2) is 0 Å². The number of benzene rings is 1. The average molecular weight is 330 g/mol. The van der Waals surface area contributed by atoms with Gasteiger partial charge < -0.3 is 10.1 Å². The number of aromatic nitrogens is 1. The summed E-state index contributed by atoms with van der Waals surface area (Å²) in [5, 5.41) is 6.26. The molecule has 1 atom stereocenters. The molecule has 1 amide bonds. The summed E-state index contributed by atoms with van der Waals surface area (Å²) < 4.78 is 5.41. The van der Waals surface area contributed by atoms with Gasteiger partial charge in [-0.3, -0.25) is 4.79 Å². The van der Waals surface area contributed by atoms with Crippen LogP contribution in [0.3, 0.4) is 0 Å². The Labute approximate surface area is 140 Å². The van der Waals surface area contributed by atoms with Crippen molar-refractivity contribution in [3.05, 3.63) is 52.0 Å². The lowest BCUT2D eigenvalue weighted by Gasteiger charge is -2.20. The van der Waals surface area contributed by atoms with E-state index >= 15 is 0 Å². The Kier molecular flexibility index (Phi) is 5.41. The minimum absolute atomic E-state index is 0.0290. The summed E-state index contributed by atoms with van der Waals surface area (Å²) in [5.41, 5.74) is 1.89. The Hall–Kier alpha value is -1.72. The van der Waals surface area contributed by atoms with Crippen LogP contribution in [-0.4, -0.2) is 30.6 Å². The minimum Gasteiger partial charge on any atom is -0.381 e. The predicted molar refractivity (Wildman–Crippen MR) is 92.1 cm³/mol. The zero-order chi connectivity index (χ0) is 16.1. The molecular weight excluding hydrogens is 308 g/mol. The maximum atomic E-state index is 12.1. The van der Waals surface area contributed by atoms with E-state index in [1.54, 1.807) is 11.3 Å². The molecule has 0 bridgehead atoms. The predicted octanol–water partition coefficient (Wildman–Crippen LogP) is 3.57. The fourth-order valence-corrected chi connectivity index (χ4v) is 3.69. The fourth-order valence-electron chi connectivity index (χ4n) is 2.73. The molecule has 2 heterocycles. The van der Waals surface area contributed by atoms with E-state index in [4.69, 9.17) is 9.72 Å². The van der Waals surface area contributed by atoms with E-state index in [-0.39, 0.29) is 11.8 Å². The molecule has 1 aliphatic rings. The number of hydrogen-bond donors (Lipinski definition) is 1. The number of nitrogens with one attached hydrogen (secondary N) is 1. The molecule has 1 aromatic heterocycles. The van der Waals surface area contributed by atoms with Crippen LogP contribution in [-0.2, 0) is 4.74 Å². The smallest absolute Gasteiger partial charge is 0.251 e. The number of thiazole rings is 1. The van der Waals surface area contributed by atoms with E-state index in [9.17, 15) is 4.79 Å². The van der Waals surface area contributed by atoms with Gasteiger partial charge in [0.1, 0.15) is 0 Å². The Bertz CT molecular complexity index is 635. The van der Waals surface area contributed by atoms with Crippen LogP contribution in [0.5, 0.6) is 0 Å². The molecule has 0 spiro atoms. The van der Waals surface area contributed by atoms with Gasteiger partial charge in [0.2, 0.25) is 0 Å². The van der Waals surface area contributed by atoms with E-state index in [2.05, 4.69) is 17.6 Å². The minimum atomic E-state index is -0.0290. The number of rotatable bonds is 5. The molecule has 122 valence electrons. The summed E-state index contributed by atoms with van der Waals surface area (Å²) in [6.07, 6.45) is 2.12. The summed E-state index contributed by atoms with van der Waals surface area (Å²) in [5.74, 6) is 0.722. The highest BCUT2D eigenvalue weighted by Gasteiger charge is 2.20. The van der Waals surface area contributed by atoms with Crippen molar-refractivity contribution >= 4 is 17.2 Å². The molecule has 0 radical (unpaired) electrons. The van der Waals surface area contributed by atoms with Gasteiger partial charge in [0.25, 0.3) is 5.91 Å². The van der Waals surface area contributed by atoms with Crippen molar-refractivity contribution in [3.8, 4) is 0 Å². The van der Waals surface area contributed by atoms with Gasteiger partial charge in [-0.1, -0.05) is 25.1 Å². The van der Waals surface area contributed by atoms with Crippen LogP contribution >= 0.6 is 11.3 Å². The summed E-state index contributed by atoms with van der Waals surface area (Å²) in [6.45, 7) is 4.38. The number of nitrogens with zero attached hydrogens (tertiary/aromatic N) is 1. The van der Waals surface area contributed by atoms with Gasteiger partial charge >= 0.3 is 0 Å².